The van der Waals surface area contributed by atoms with Crippen LogP contribution in [0.15, 0.2) is 59.4 Å². The number of hydrogen-bond acceptors (Lipinski definition) is 5. The van der Waals surface area contributed by atoms with Gasteiger partial charge in [-0.05, 0) is 86.9 Å². The first kappa shape index (κ1) is 25.2. The lowest BCUT2D eigenvalue weighted by molar-refractivity contribution is 0.176. The summed E-state index contributed by atoms with van der Waals surface area (Å²) in [7, 11) is 0. The maximum atomic E-state index is 13.4. The number of thiophene rings is 1. The third-order valence-electron chi connectivity index (χ3n) is 7.60. The maximum Gasteiger partial charge on any atom is 0.263 e. The topological polar surface area (TPSA) is 58.9 Å². The van der Waals surface area contributed by atoms with Crippen LogP contribution in [0.2, 0.25) is 0 Å². The second kappa shape index (κ2) is 10.6. The highest BCUT2D eigenvalue weighted by Crippen LogP contribution is 2.25. The molecule has 0 spiro atoms. The van der Waals surface area contributed by atoms with Crippen LogP contribution in [0.25, 0.3) is 21.3 Å². The Morgan fingerprint density at radius 1 is 1.08 bits per heavy atom. The van der Waals surface area contributed by atoms with Crippen molar-refractivity contribution in [2.24, 2.45) is 5.92 Å². The minimum atomic E-state index is -0.217. The highest BCUT2D eigenvalue weighted by Gasteiger charge is 2.22. The van der Waals surface area contributed by atoms with Gasteiger partial charge in [-0.2, -0.15) is 0 Å². The zero-order chi connectivity index (χ0) is 26.2. The Kier molecular flexibility index (Phi) is 6.99. The van der Waals surface area contributed by atoms with Crippen molar-refractivity contribution in [2.75, 3.05) is 19.6 Å². The zero-order valence-electron chi connectivity index (χ0n) is 21.3. The van der Waals surface area contributed by atoms with Crippen LogP contribution in [0, 0.1) is 23.4 Å². The van der Waals surface area contributed by atoms with Gasteiger partial charge in [-0.3, -0.25) is 9.36 Å². The fourth-order valence-corrected chi connectivity index (χ4v) is 6.76. The molecule has 1 fully saturated rings. The molecule has 6 rings (SSSR count). The summed E-state index contributed by atoms with van der Waals surface area (Å²) >= 11 is 7.07. The SMILES string of the molecule is Cc1cc2c(=O)n(CCN3CCC(Cc4nc5ccccc5n4Cc4ccc(F)cc4)CC3)c(=S)[nH]c2s1. The second-order valence-corrected chi connectivity index (χ2v) is 11.8. The Balaban J connectivity index is 1.12. The molecule has 38 heavy (non-hydrogen) atoms. The van der Waals surface area contributed by atoms with Gasteiger partial charge in [0.25, 0.3) is 5.56 Å². The Labute approximate surface area is 229 Å². The average molecular weight is 548 g/mol. The number of benzene rings is 2. The van der Waals surface area contributed by atoms with E-state index in [1.807, 2.05) is 37.3 Å². The van der Waals surface area contributed by atoms with Crippen molar-refractivity contribution in [1.82, 2.24) is 24.0 Å². The van der Waals surface area contributed by atoms with Gasteiger partial charge >= 0.3 is 0 Å². The molecule has 0 unspecified atom stereocenters. The van der Waals surface area contributed by atoms with Crippen LogP contribution in [0.1, 0.15) is 29.1 Å². The van der Waals surface area contributed by atoms with Gasteiger partial charge in [0, 0.05) is 30.9 Å². The number of H-pyrrole nitrogens is 1. The molecule has 4 heterocycles. The maximum absolute atomic E-state index is 13.4. The van der Waals surface area contributed by atoms with Crippen molar-refractivity contribution < 1.29 is 4.39 Å². The molecular weight excluding hydrogens is 517 g/mol. The lowest BCUT2D eigenvalue weighted by atomic mass is 9.93. The van der Waals surface area contributed by atoms with Gasteiger partial charge in [0.1, 0.15) is 16.5 Å². The molecule has 196 valence electrons. The van der Waals surface area contributed by atoms with Crippen molar-refractivity contribution >= 4 is 44.8 Å². The lowest BCUT2D eigenvalue weighted by Crippen LogP contribution is -2.38. The number of fused-ring (bicyclic) bond motifs is 2. The van der Waals surface area contributed by atoms with Crippen molar-refractivity contribution in [3.05, 3.63) is 91.8 Å². The van der Waals surface area contributed by atoms with Crippen LogP contribution in [0.4, 0.5) is 4.39 Å². The first-order valence-corrected chi connectivity index (χ1v) is 14.3. The molecule has 0 atom stereocenters. The number of aromatic nitrogens is 4. The van der Waals surface area contributed by atoms with E-state index in [0.717, 1.165) is 76.4 Å². The third-order valence-corrected chi connectivity index (χ3v) is 8.89. The van der Waals surface area contributed by atoms with Crippen molar-refractivity contribution in [3.63, 3.8) is 0 Å². The first-order chi connectivity index (χ1) is 18.4. The fraction of sp³-hybridized carbons (Fsp3) is 0.345. The molecule has 2 aromatic carbocycles. The number of rotatable bonds is 7. The Bertz CT molecular complexity index is 1710. The summed E-state index contributed by atoms with van der Waals surface area (Å²) in [6, 6.07) is 16.9. The third kappa shape index (κ3) is 5.10. The number of imidazole rings is 1. The second-order valence-electron chi connectivity index (χ2n) is 10.2. The lowest BCUT2D eigenvalue weighted by Gasteiger charge is -2.32. The predicted molar refractivity (Wildman–Crippen MR) is 154 cm³/mol. The standard InChI is InChI=1S/C29H30FN5OS2/c1-19-16-23-27(38-19)32-29(37)34(28(23)36)15-14-33-12-10-20(11-13-33)17-26-31-24-4-2-3-5-25(24)35(26)18-21-6-8-22(30)9-7-21/h2-9,16,20H,10-15,17-18H2,1H3,(H,32,37). The van der Waals surface area contributed by atoms with Crippen LogP contribution in [0.3, 0.4) is 0 Å². The summed E-state index contributed by atoms with van der Waals surface area (Å²) in [5.74, 6) is 1.42. The number of piperidine rings is 1. The van der Waals surface area contributed by atoms with Crippen LogP contribution >= 0.6 is 23.6 Å². The molecule has 9 heteroatoms. The van der Waals surface area contributed by atoms with E-state index in [4.69, 9.17) is 17.2 Å². The number of aromatic amines is 1. The largest absolute Gasteiger partial charge is 0.323 e. The zero-order valence-corrected chi connectivity index (χ0v) is 23.0. The van der Waals surface area contributed by atoms with E-state index < -0.39 is 0 Å². The Morgan fingerprint density at radius 2 is 1.84 bits per heavy atom. The van der Waals surface area contributed by atoms with Gasteiger partial charge in [-0.15, -0.1) is 11.3 Å². The molecule has 3 aromatic heterocycles. The minimum absolute atomic E-state index is 0.00282. The van der Waals surface area contributed by atoms with Gasteiger partial charge < -0.3 is 14.5 Å². The van der Waals surface area contributed by atoms with E-state index in [1.54, 1.807) is 15.9 Å². The summed E-state index contributed by atoms with van der Waals surface area (Å²) in [5, 5.41) is 0.725. The highest BCUT2D eigenvalue weighted by molar-refractivity contribution is 7.71. The van der Waals surface area contributed by atoms with Crippen molar-refractivity contribution in [3.8, 4) is 0 Å². The molecule has 6 nitrogen and oxygen atoms in total. The molecule has 0 amide bonds. The number of para-hydroxylation sites is 2. The van der Waals surface area contributed by atoms with E-state index in [2.05, 4.69) is 26.6 Å². The summed E-state index contributed by atoms with van der Waals surface area (Å²) in [6.45, 7) is 6.08. The Hall–Kier alpha value is -3.14. The molecule has 1 saturated heterocycles. The number of nitrogens with zero attached hydrogens (tertiary/aromatic N) is 4. The normalized spacial score (nSPS) is 15.1. The van der Waals surface area contributed by atoms with Crippen molar-refractivity contribution in [2.45, 2.75) is 39.3 Å². The van der Waals surface area contributed by atoms with E-state index in [9.17, 15) is 9.18 Å². The van der Waals surface area contributed by atoms with Crippen LogP contribution < -0.4 is 5.56 Å². The summed E-state index contributed by atoms with van der Waals surface area (Å²) < 4.78 is 17.9. The monoisotopic (exact) mass is 547 g/mol. The van der Waals surface area contributed by atoms with Crippen LogP contribution in [-0.2, 0) is 19.5 Å². The van der Waals surface area contributed by atoms with Crippen molar-refractivity contribution in [1.29, 1.82) is 0 Å². The molecule has 5 aromatic rings. The molecule has 1 aliphatic heterocycles. The van der Waals surface area contributed by atoms with E-state index >= 15 is 0 Å². The molecule has 0 aliphatic carbocycles. The predicted octanol–water partition coefficient (Wildman–Crippen LogP) is 5.92. The molecule has 0 radical (unpaired) electrons. The van der Waals surface area contributed by atoms with Gasteiger partial charge in [-0.1, -0.05) is 24.3 Å². The smallest absolute Gasteiger partial charge is 0.263 e. The van der Waals surface area contributed by atoms with E-state index in [0.29, 0.717) is 23.8 Å². The number of nitrogens with one attached hydrogen (secondary N) is 1. The minimum Gasteiger partial charge on any atom is -0.323 e. The Morgan fingerprint density at radius 3 is 2.63 bits per heavy atom. The number of hydrogen-bond donors (Lipinski definition) is 1. The molecule has 1 aliphatic rings. The highest BCUT2D eigenvalue weighted by atomic mass is 32.1. The number of aryl methyl sites for hydroxylation is 1. The van der Waals surface area contributed by atoms with E-state index in [1.165, 1.54) is 12.1 Å². The van der Waals surface area contributed by atoms with Gasteiger partial charge in [0.2, 0.25) is 0 Å². The summed E-state index contributed by atoms with van der Waals surface area (Å²) in [4.78, 5) is 25.6. The fourth-order valence-electron chi connectivity index (χ4n) is 5.52. The number of likely N-dealkylation sites (tertiary alicyclic amines) is 1. The molecular formula is C29H30FN5OS2. The van der Waals surface area contributed by atoms with E-state index in [-0.39, 0.29) is 11.4 Å². The van der Waals surface area contributed by atoms with Crippen LogP contribution in [0.5, 0.6) is 0 Å². The first-order valence-electron chi connectivity index (χ1n) is 13.1. The average Bonchev–Trinajstić information content (AvgIpc) is 3.45. The molecule has 1 N–H and O–H groups in total. The quantitative estimate of drug-likeness (QED) is 0.257. The van der Waals surface area contributed by atoms with Crippen LogP contribution in [-0.4, -0.2) is 43.6 Å². The van der Waals surface area contributed by atoms with Gasteiger partial charge in [-0.25, -0.2) is 9.37 Å². The summed E-state index contributed by atoms with van der Waals surface area (Å²) in [5.41, 5.74) is 3.18. The summed E-state index contributed by atoms with van der Waals surface area (Å²) in [6.07, 6.45) is 3.09. The van der Waals surface area contributed by atoms with Gasteiger partial charge in [0.05, 0.1) is 16.4 Å². The number of halogens is 1. The molecule has 0 saturated carbocycles. The van der Waals surface area contributed by atoms with Gasteiger partial charge in [0.15, 0.2) is 4.77 Å². The molecule has 0 bridgehead atoms.